The van der Waals surface area contributed by atoms with Gasteiger partial charge in [0.2, 0.25) is 11.8 Å². The highest BCUT2D eigenvalue weighted by molar-refractivity contribution is 5.38. The summed E-state index contributed by atoms with van der Waals surface area (Å²) in [6.45, 7) is 0. The van der Waals surface area contributed by atoms with Crippen molar-refractivity contribution in [2.75, 3.05) is 18.6 Å². The Labute approximate surface area is 94.5 Å². The molecule has 0 aromatic carbocycles. The summed E-state index contributed by atoms with van der Waals surface area (Å²) in [5.41, 5.74) is 12.3. The summed E-state index contributed by atoms with van der Waals surface area (Å²) in [4.78, 5) is 7.36. The van der Waals surface area contributed by atoms with Crippen LogP contribution in [0.1, 0.15) is 19.3 Å². The highest BCUT2D eigenvalue weighted by Crippen LogP contribution is 2.43. The average molecular weight is 220 g/mol. The highest BCUT2D eigenvalue weighted by atomic mass is 16.5. The molecule has 1 aromatic heterocycles. The maximum atomic E-state index is 5.32. The van der Waals surface area contributed by atoms with E-state index in [-0.39, 0.29) is 5.95 Å². The van der Waals surface area contributed by atoms with E-state index < -0.39 is 0 Å². The molecule has 3 rings (SSSR count). The summed E-state index contributed by atoms with van der Waals surface area (Å²) in [5, 5.41) is 0. The number of ether oxygens (including phenoxy) is 1. The maximum absolute atomic E-state index is 5.32. The first-order valence-corrected chi connectivity index (χ1v) is 5.32. The number of nitrogens with zero attached hydrogens (tertiary/aromatic N) is 2. The molecule has 0 saturated heterocycles. The van der Waals surface area contributed by atoms with Crippen molar-refractivity contribution in [1.29, 1.82) is 0 Å². The number of hydrogen-bond donors (Lipinski definition) is 2. The number of hydrogen-bond acceptors (Lipinski definition) is 5. The Morgan fingerprint density at radius 2 is 2.12 bits per heavy atom. The quantitative estimate of drug-likeness (QED) is 0.698. The zero-order valence-electron chi connectivity index (χ0n) is 9.31. The molecule has 4 N–H and O–H groups in total. The predicted octanol–water partition coefficient (Wildman–Crippen LogP) is 1.38. The smallest absolute Gasteiger partial charge is 0.225 e. The third kappa shape index (κ3) is 2.24. The maximum Gasteiger partial charge on any atom is 0.225 e. The fourth-order valence-corrected chi connectivity index (χ4v) is 1.75. The van der Waals surface area contributed by atoms with Crippen molar-refractivity contribution in [2.45, 2.75) is 19.3 Å². The molecule has 1 atom stereocenters. The van der Waals surface area contributed by atoms with Crippen LogP contribution in [0.15, 0.2) is 17.7 Å². The van der Waals surface area contributed by atoms with E-state index in [0.29, 0.717) is 11.7 Å². The second kappa shape index (κ2) is 4.38. The summed E-state index contributed by atoms with van der Waals surface area (Å²) in [5.74, 6) is 1.89. The van der Waals surface area contributed by atoms with Crippen LogP contribution in [0.25, 0.3) is 0 Å². The Hall–Kier alpha value is -1.78. The van der Waals surface area contributed by atoms with Crippen molar-refractivity contribution in [2.24, 2.45) is 5.92 Å². The summed E-state index contributed by atoms with van der Waals surface area (Å²) in [6, 6.07) is 1.50. The van der Waals surface area contributed by atoms with Gasteiger partial charge in [0.15, 0.2) is 0 Å². The van der Waals surface area contributed by atoms with Crippen molar-refractivity contribution >= 4 is 11.8 Å². The minimum Gasteiger partial charge on any atom is -0.481 e. The number of anilines is 2. The SMILES string of the molecule is C1=C2CCC2C1.COc1cc(N)nc(N)n1. The van der Waals surface area contributed by atoms with Crippen LogP contribution in [0.4, 0.5) is 11.8 Å². The van der Waals surface area contributed by atoms with Crippen LogP contribution < -0.4 is 16.2 Å². The second-order valence-electron chi connectivity index (χ2n) is 3.94. The van der Waals surface area contributed by atoms with Gasteiger partial charge in [-0.3, -0.25) is 0 Å². The van der Waals surface area contributed by atoms with E-state index in [1.54, 1.807) is 5.57 Å². The molecule has 0 aliphatic heterocycles. The molecule has 5 nitrogen and oxygen atoms in total. The molecule has 0 radical (unpaired) electrons. The standard InChI is InChI=1S/C6H8.C5H8N4O/c1-2-6-4-3-5(1)6;1-10-4-2-3(6)8-5(7)9-4/h1,6H,2-4H2;2H,1H3,(H4,6,7,8,9). The van der Waals surface area contributed by atoms with Crippen molar-refractivity contribution < 1.29 is 4.74 Å². The number of allylic oxidation sites excluding steroid dienone is 2. The van der Waals surface area contributed by atoms with E-state index in [9.17, 15) is 0 Å². The molecule has 0 spiro atoms. The summed E-state index contributed by atoms with van der Waals surface area (Å²) < 4.78 is 4.76. The number of rotatable bonds is 1. The zero-order valence-corrected chi connectivity index (χ0v) is 9.31. The summed E-state index contributed by atoms with van der Waals surface area (Å²) in [7, 11) is 1.49. The number of nitrogen functional groups attached to an aromatic ring is 2. The van der Waals surface area contributed by atoms with Gasteiger partial charge in [-0.05, 0) is 25.2 Å². The topological polar surface area (TPSA) is 87.0 Å². The lowest BCUT2D eigenvalue weighted by Crippen LogP contribution is -2.21. The van der Waals surface area contributed by atoms with Crippen LogP contribution in [-0.2, 0) is 0 Å². The van der Waals surface area contributed by atoms with E-state index in [0.717, 1.165) is 5.92 Å². The first kappa shape index (κ1) is 10.7. The van der Waals surface area contributed by atoms with Gasteiger partial charge < -0.3 is 16.2 Å². The molecule has 5 heteroatoms. The van der Waals surface area contributed by atoms with Crippen molar-refractivity contribution in [3.05, 3.63) is 17.7 Å². The first-order chi connectivity index (χ1) is 7.69. The third-order valence-corrected chi connectivity index (χ3v) is 2.92. The Kier molecular flexibility index (Phi) is 2.94. The molecule has 1 unspecified atom stereocenters. The first-order valence-electron chi connectivity index (χ1n) is 5.32. The van der Waals surface area contributed by atoms with Crippen LogP contribution in [0, 0.1) is 5.92 Å². The second-order valence-corrected chi connectivity index (χ2v) is 3.94. The third-order valence-electron chi connectivity index (χ3n) is 2.92. The molecule has 1 heterocycles. The number of nitrogens with two attached hydrogens (primary N) is 2. The lowest BCUT2D eigenvalue weighted by atomic mass is 9.69. The lowest BCUT2D eigenvalue weighted by Gasteiger charge is -2.36. The Morgan fingerprint density at radius 1 is 1.38 bits per heavy atom. The van der Waals surface area contributed by atoms with Gasteiger partial charge in [-0.15, -0.1) is 0 Å². The highest BCUT2D eigenvalue weighted by Gasteiger charge is 2.28. The van der Waals surface area contributed by atoms with Crippen molar-refractivity contribution in [1.82, 2.24) is 9.97 Å². The Morgan fingerprint density at radius 3 is 2.44 bits per heavy atom. The number of methoxy groups -OCH3 is 1. The van der Waals surface area contributed by atoms with Gasteiger partial charge in [-0.1, -0.05) is 11.6 Å². The predicted molar refractivity (Wildman–Crippen MR) is 62.8 cm³/mol. The van der Waals surface area contributed by atoms with E-state index in [2.05, 4.69) is 16.0 Å². The van der Waals surface area contributed by atoms with E-state index in [4.69, 9.17) is 16.2 Å². The minimum absolute atomic E-state index is 0.122. The molecule has 1 saturated carbocycles. The average Bonchev–Trinajstić information content (AvgIpc) is 2.23. The Balaban J connectivity index is 0.000000134. The van der Waals surface area contributed by atoms with Crippen LogP contribution in [-0.4, -0.2) is 17.1 Å². The van der Waals surface area contributed by atoms with Gasteiger partial charge in [0.1, 0.15) is 5.82 Å². The van der Waals surface area contributed by atoms with Gasteiger partial charge in [0.05, 0.1) is 7.11 Å². The van der Waals surface area contributed by atoms with Crippen molar-refractivity contribution in [3.8, 4) is 5.88 Å². The van der Waals surface area contributed by atoms with Crippen LogP contribution in [0.2, 0.25) is 0 Å². The molecule has 16 heavy (non-hydrogen) atoms. The van der Waals surface area contributed by atoms with E-state index in [1.165, 1.54) is 32.4 Å². The number of aromatic nitrogens is 2. The summed E-state index contributed by atoms with van der Waals surface area (Å²) in [6.07, 6.45) is 6.68. The molecular formula is C11H16N4O. The lowest BCUT2D eigenvalue weighted by molar-refractivity contribution is 0.396. The van der Waals surface area contributed by atoms with Gasteiger partial charge >= 0.3 is 0 Å². The van der Waals surface area contributed by atoms with Crippen LogP contribution >= 0.6 is 0 Å². The van der Waals surface area contributed by atoms with Crippen LogP contribution in [0.3, 0.4) is 0 Å². The molecular weight excluding hydrogens is 204 g/mol. The van der Waals surface area contributed by atoms with Gasteiger partial charge in [0, 0.05) is 6.07 Å². The summed E-state index contributed by atoms with van der Waals surface area (Å²) >= 11 is 0. The molecule has 0 amide bonds. The normalized spacial score (nSPS) is 20.3. The molecule has 1 aromatic rings. The van der Waals surface area contributed by atoms with Gasteiger partial charge in [0.25, 0.3) is 0 Å². The van der Waals surface area contributed by atoms with Crippen LogP contribution in [0.5, 0.6) is 5.88 Å². The van der Waals surface area contributed by atoms with E-state index >= 15 is 0 Å². The van der Waals surface area contributed by atoms with Gasteiger partial charge in [-0.2, -0.15) is 9.97 Å². The van der Waals surface area contributed by atoms with Gasteiger partial charge in [-0.25, -0.2) is 0 Å². The van der Waals surface area contributed by atoms with Crippen molar-refractivity contribution in [3.63, 3.8) is 0 Å². The minimum atomic E-state index is 0.122. The molecule has 86 valence electrons. The number of fused-ring (bicyclic) bond motifs is 1. The molecule has 2 aliphatic carbocycles. The Bertz CT molecular complexity index is 396. The van der Waals surface area contributed by atoms with E-state index in [1.807, 2.05) is 0 Å². The fraction of sp³-hybridized carbons (Fsp3) is 0.455. The molecule has 0 bridgehead atoms. The molecule has 2 aliphatic rings. The fourth-order valence-electron chi connectivity index (χ4n) is 1.75. The molecule has 1 fully saturated rings. The zero-order chi connectivity index (χ0) is 11.5. The monoisotopic (exact) mass is 220 g/mol. The largest absolute Gasteiger partial charge is 0.481 e.